The van der Waals surface area contributed by atoms with Crippen molar-refractivity contribution < 1.29 is 31.5 Å². The molecule has 1 amide bonds. The fourth-order valence-electron chi connectivity index (χ4n) is 3.13. The molecule has 0 aromatic heterocycles. The largest absolute Gasteiger partial charge is 0.486 e. The van der Waals surface area contributed by atoms with Crippen molar-refractivity contribution in [3.8, 4) is 5.75 Å². The van der Waals surface area contributed by atoms with E-state index in [1.54, 1.807) is 6.92 Å². The molecule has 12 heteroatoms. The number of aliphatic hydroxyl groups excluding tert-OH is 1. The maximum atomic E-state index is 13.2. The lowest BCUT2D eigenvalue weighted by atomic mass is 9.99. The Bertz CT molecular complexity index is 995. The summed E-state index contributed by atoms with van der Waals surface area (Å²) < 4.78 is 57.0. The van der Waals surface area contributed by atoms with Crippen LogP contribution in [0.1, 0.15) is 24.2 Å². The van der Waals surface area contributed by atoms with Crippen molar-refractivity contribution in [2.75, 3.05) is 44.0 Å². The summed E-state index contributed by atoms with van der Waals surface area (Å²) in [6.45, 7) is 3.48. The van der Waals surface area contributed by atoms with Gasteiger partial charge in [0, 0.05) is 19.5 Å². The summed E-state index contributed by atoms with van der Waals surface area (Å²) in [5.74, 6) is -0.696. The van der Waals surface area contributed by atoms with Crippen LogP contribution in [-0.2, 0) is 20.0 Å². The van der Waals surface area contributed by atoms with Crippen LogP contribution < -0.4 is 9.46 Å². The molecule has 0 fully saturated rings. The number of fused-ring (bicyclic) bond motifs is 1. The number of carbonyl (C=O) groups excluding carboxylic acids is 1. The lowest BCUT2D eigenvalue weighted by Gasteiger charge is -2.38. The van der Waals surface area contributed by atoms with Crippen LogP contribution in [0, 0.1) is 5.92 Å². The first-order valence-electron chi connectivity index (χ1n) is 9.35. The fraction of sp³-hybridized carbons (Fsp3) is 0.611. The van der Waals surface area contributed by atoms with E-state index < -0.39 is 38.1 Å². The van der Waals surface area contributed by atoms with Crippen LogP contribution in [0.3, 0.4) is 0 Å². The van der Waals surface area contributed by atoms with Gasteiger partial charge in [0.2, 0.25) is 20.0 Å². The Balaban J connectivity index is 2.61. The molecule has 0 radical (unpaired) electrons. The Kier molecular flexibility index (Phi) is 7.38. The quantitative estimate of drug-likeness (QED) is 0.589. The van der Waals surface area contributed by atoms with Gasteiger partial charge in [-0.25, -0.2) is 21.1 Å². The van der Waals surface area contributed by atoms with Crippen molar-refractivity contribution in [3.05, 3.63) is 23.8 Å². The van der Waals surface area contributed by atoms with E-state index in [1.165, 1.54) is 30.1 Å². The van der Waals surface area contributed by atoms with E-state index in [9.17, 15) is 26.7 Å². The van der Waals surface area contributed by atoms with Crippen molar-refractivity contribution in [2.45, 2.75) is 26.0 Å². The standard InChI is InChI=1S/C18H29N3O7S2/c1-12-9-21(13(2)11-22)18(23)14-7-6-8-15(19-29(4,24)25)17(14)28-16(12)10-20(3)30(5,26)27/h6-8,12-13,16,19,22H,9-11H2,1-5H3/t12-,13+,16-/m1/s1. The minimum absolute atomic E-state index is 0.00217. The van der Waals surface area contributed by atoms with Gasteiger partial charge in [0.25, 0.3) is 5.91 Å². The molecular formula is C18H29N3O7S2. The van der Waals surface area contributed by atoms with Crippen LogP contribution in [0.2, 0.25) is 0 Å². The molecule has 0 saturated carbocycles. The molecule has 170 valence electrons. The van der Waals surface area contributed by atoms with E-state index in [4.69, 9.17) is 4.74 Å². The molecule has 0 bridgehead atoms. The number of ether oxygens (including phenoxy) is 1. The van der Waals surface area contributed by atoms with Crippen molar-refractivity contribution >= 4 is 31.6 Å². The van der Waals surface area contributed by atoms with E-state index in [-0.39, 0.29) is 42.6 Å². The number of hydrogen-bond donors (Lipinski definition) is 2. The van der Waals surface area contributed by atoms with Crippen molar-refractivity contribution in [1.82, 2.24) is 9.21 Å². The molecule has 1 aromatic carbocycles. The summed E-state index contributed by atoms with van der Waals surface area (Å²) in [7, 11) is -5.73. The second-order valence-electron chi connectivity index (χ2n) is 7.72. The summed E-state index contributed by atoms with van der Waals surface area (Å²) >= 11 is 0. The zero-order chi connectivity index (χ0) is 22.9. The second kappa shape index (κ2) is 9.08. The van der Waals surface area contributed by atoms with Crippen LogP contribution >= 0.6 is 0 Å². The Morgan fingerprint density at radius 2 is 1.93 bits per heavy atom. The van der Waals surface area contributed by atoms with Gasteiger partial charge in [-0.3, -0.25) is 9.52 Å². The van der Waals surface area contributed by atoms with Gasteiger partial charge >= 0.3 is 0 Å². The summed E-state index contributed by atoms with van der Waals surface area (Å²) in [6.07, 6.45) is 1.39. The molecule has 1 heterocycles. The maximum absolute atomic E-state index is 13.2. The van der Waals surface area contributed by atoms with Gasteiger partial charge in [0.1, 0.15) is 6.10 Å². The topological polar surface area (TPSA) is 133 Å². The molecule has 1 aliphatic heterocycles. The number of hydrogen-bond acceptors (Lipinski definition) is 7. The first-order valence-corrected chi connectivity index (χ1v) is 13.1. The Labute approximate surface area is 177 Å². The number of sulfonamides is 2. The van der Waals surface area contributed by atoms with Crippen LogP contribution in [0.25, 0.3) is 0 Å². The van der Waals surface area contributed by atoms with Gasteiger partial charge in [0.15, 0.2) is 5.75 Å². The number of amides is 1. The minimum Gasteiger partial charge on any atom is -0.486 e. The van der Waals surface area contributed by atoms with Crippen molar-refractivity contribution in [3.63, 3.8) is 0 Å². The molecule has 0 unspecified atom stereocenters. The van der Waals surface area contributed by atoms with E-state index in [2.05, 4.69) is 4.72 Å². The molecule has 3 atom stereocenters. The van der Waals surface area contributed by atoms with E-state index >= 15 is 0 Å². The molecule has 0 aliphatic carbocycles. The summed E-state index contributed by atoms with van der Waals surface area (Å²) in [5.41, 5.74) is 0.212. The zero-order valence-electron chi connectivity index (χ0n) is 17.7. The smallest absolute Gasteiger partial charge is 0.258 e. The van der Waals surface area contributed by atoms with Gasteiger partial charge in [-0.2, -0.15) is 0 Å². The van der Waals surface area contributed by atoms with Gasteiger partial charge < -0.3 is 14.7 Å². The summed E-state index contributed by atoms with van der Waals surface area (Å²) in [6, 6.07) is 4.01. The highest BCUT2D eigenvalue weighted by Gasteiger charge is 2.35. The average molecular weight is 464 g/mol. The fourth-order valence-corrected chi connectivity index (χ4v) is 4.11. The van der Waals surface area contributed by atoms with Crippen LogP contribution in [0.4, 0.5) is 5.69 Å². The number of aliphatic hydroxyl groups is 1. The van der Waals surface area contributed by atoms with Crippen molar-refractivity contribution in [2.24, 2.45) is 5.92 Å². The third-order valence-corrected chi connectivity index (χ3v) is 6.86. The Morgan fingerprint density at radius 3 is 2.47 bits per heavy atom. The first-order chi connectivity index (χ1) is 13.7. The number of carbonyl (C=O) groups is 1. The number of benzene rings is 1. The summed E-state index contributed by atoms with van der Waals surface area (Å²) in [4.78, 5) is 14.7. The lowest BCUT2D eigenvalue weighted by molar-refractivity contribution is 0.0389. The second-order valence-corrected chi connectivity index (χ2v) is 11.6. The third kappa shape index (κ3) is 5.84. The Morgan fingerprint density at radius 1 is 1.30 bits per heavy atom. The van der Waals surface area contributed by atoms with E-state index in [0.29, 0.717) is 0 Å². The number of nitrogens with one attached hydrogen (secondary N) is 1. The maximum Gasteiger partial charge on any atom is 0.258 e. The van der Waals surface area contributed by atoms with Gasteiger partial charge in [-0.05, 0) is 19.1 Å². The first kappa shape index (κ1) is 24.4. The Hall–Kier alpha value is -1.89. The molecule has 1 aliphatic rings. The van der Waals surface area contributed by atoms with E-state index in [0.717, 1.165) is 16.8 Å². The number of anilines is 1. The van der Waals surface area contributed by atoms with Crippen LogP contribution in [-0.4, -0.2) is 88.5 Å². The third-order valence-electron chi connectivity index (χ3n) is 4.99. The monoisotopic (exact) mass is 463 g/mol. The molecule has 2 N–H and O–H groups in total. The highest BCUT2D eigenvalue weighted by atomic mass is 32.2. The SMILES string of the molecule is C[C@@H]1CN([C@@H](C)CO)C(=O)c2cccc(NS(C)(=O)=O)c2O[C@@H]1CN(C)S(C)(=O)=O. The predicted octanol–water partition coefficient (Wildman–Crippen LogP) is 0.170. The van der Waals surface area contributed by atoms with Crippen LogP contribution in [0.5, 0.6) is 5.75 Å². The normalized spacial score (nSPS) is 21.4. The highest BCUT2D eigenvalue weighted by molar-refractivity contribution is 7.92. The summed E-state index contributed by atoms with van der Waals surface area (Å²) in [5, 5.41) is 9.62. The molecule has 10 nitrogen and oxygen atoms in total. The molecule has 0 saturated heterocycles. The lowest BCUT2D eigenvalue weighted by Crippen LogP contribution is -2.50. The molecule has 0 spiro atoms. The molecule has 2 rings (SSSR count). The van der Waals surface area contributed by atoms with Gasteiger partial charge in [-0.15, -0.1) is 0 Å². The zero-order valence-corrected chi connectivity index (χ0v) is 19.3. The highest BCUT2D eigenvalue weighted by Crippen LogP contribution is 2.35. The van der Waals surface area contributed by atoms with Gasteiger partial charge in [0.05, 0.1) is 43.0 Å². The number of nitrogens with zero attached hydrogens (tertiary/aromatic N) is 2. The molecule has 1 aromatic rings. The number of para-hydroxylation sites is 1. The van der Waals surface area contributed by atoms with Crippen molar-refractivity contribution in [1.29, 1.82) is 0 Å². The predicted molar refractivity (Wildman–Crippen MR) is 114 cm³/mol. The molecular weight excluding hydrogens is 434 g/mol. The minimum atomic E-state index is -3.66. The molecule has 30 heavy (non-hydrogen) atoms. The van der Waals surface area contributed by atoms with E-state index in [1.807, 2.05) is 6.92 Å². The number of rotatable bonds is 7. The number of likely N-dealkylation sites (N-methyl/N-ethyl adjacent to an activating group) is 1. The van der Waals surface area contributed by atoms with Gasteiger partial charge in [-0.1, -0.05) is 13.0 Å². The average Bonchev–Trinajstić information content (AvgIpc) is 2.62. The van der Waals surface area contributed by atoms with Crippen LogP contribution in [0.15, 0.2) is 18.2 Å².